The lowest BCUT2D eigenvalue weighted by Crippen LogP contribution is -2.50. The van der Waals surface area contributed by atoms with Crippen molar-refractivity contribution in [3.8, 4) is 11.1 Å². The van der Waals surface area contributed by atoms with Gasteiger partial charge in [0.25, 0.3) is 5.69 Å². The van der Waals surface area contributed by atoms with Gasteiger partial charge in [-0.2, -0.15) is 4.31 Å². The van der Waals surface area contributed by atoms with Crippen molar-refractivity contribution in [2.24, 2.45) is 0 Å². The van der Waals surface area contributed by atoms with Gasteiger partial charge in [0.2, 0.25) is 15.9 Å². The molecular weight excluding hydrogens is 456 g/mol. The monoisotopic (exact) mass is 480 g/mol. The van der Waals surface area contributed by atoms with E-state index in [0.29, 0.717) is 18.8 Å². The Kier molecular flexibility index (Phi) is 7.01. The lowest BCUT2D eigenvalue weighted by Gasteiger charge is -2.33. The maximum absolute atomic E-state index is 13.0. The predicted octanol–water partition coefficient (Wildman–Crippen LogP) is 3.21. The fraction of sp³-hybridized carbons (Fsp3) is 0.208. The van der Waals surface area contributed by atoms with E-state index in [-0.39, 0.29) is 30.4 Å². The number of nitrogens with one attached hydrogen (secondary N) is 1. The third-order valence-electron chi connectivity index (χ3n) is 5.66. The number of anilines is 1. The van der Waals surface area contributed by atoms with Crippen LogP contribution in [0.3, 0.4) is 0 Å². The van der Waals surface area contributed by atoms with Crippen LogP contribution in [-0.2, 0) is 14.8 Å². The molecule has 1 heterocycles. The van der Waals surface area contributed by atoms with Crippen LogP contribution >= 0.6 is 0 Å². The van der Waals surface area contributed by atoms with Gasteiger partial charge < -0.3 is 5.32 Å². The SMILES string of the molecule is O=C(CN1CCN(S(=O)(=O)c2ccccc2[N+](=O)[O-])CC1)Nc1ccccc1-c1ccccc1. The van der Waals surface area contributed by atoms with Gasteiger partial charge >= 0.3 is 0 Å². The molecular formula is C24H24N4O5S. The molecule has 1 aliphatic heterocycles. The van der Waals surface area contributed by atoms with Crippen LogP contribution in [0.2, 0.25) is 0 Å². The second-order valence-electron chi connectivity index (χ2n) is 7.86. The lowest BCUT2D eigenvalue weighted by molar-refractivity contribution is -0.387. The van der Waals surface area contributed by atoms with E-state index in [2.05, 4.69) is 5.32 Å². The van der Waals surface area contributed by atoms with Crippen molar-refractivity contribution >= 4 is 27.3 Å². The second-order valence-corrected chi connectivity index (χ2v) is 9.77. The van der Waals surface area contributed by atoms with Gasteiger partial charge in [0.1, 0.15) is 0 Å². The van der Waals surface area contributed by atoms with E-state index in [1.54, 1.807) is 0 Å². The zero-order valence-electron chi connectivity index (χ0n) is 18.3. The Morgan fingerprint density at radius 3 is 2.21 bits per heavy atom. The van der Waals surface area contributed by atoms with E-state index in [1.165, 1.54) is 28.6 Å². The quantitative estimate of drug-likeness (QED) is 0.410. The number of sulfonamides is 1. The van der Waals surface area contributed by atoms with Gasteiger partial charge in [0.05, 0.1) is 11.5 Å². The number of carbonyl (C=O) groups is 1. The molecule has 0 atom stereocenters. The highest BCUT2D eigenvalue weighted by Crippen LogP contribution is 2.28. The summed E-state index contributed by atoms with van der Waals surface area (Å²) in [5.41, 5.74) is 2.17. The fourth-order valence-electron chi connectivity index (χ4n) is 3.95. The van der Waals surface area contributed by atoms with Crippen LogP contribution in [0.15, 0.2) is 83.8 Å². The zero-order chi connectivity index (χ0) is 24.1. The summed E-state index contributed by atoms with van der Waals surface area (Å²) in [6, 6.07) is 22.6. The van der Waals surface area contributed by atoms with Crippen LogP contribution < -0.4 is 5.32 Å². The molecule has 0 aliphatic carbocycles. The maximum Gasteiger partial charge on any atom is 0.289 e. The zero-order valence-corrected chi connectivity index (χ0v) is 19.1. The third-order valence-corrected chi connectivity index (χ3v) is 7.61. The first-order chi connectivity index (χ1) is 16.4. The van der Waals surface area contributed by atoms with Crippen molar-refractivity contribution in [2.45, 2.75) is 4.90 Å². The minimum atomic E-state index is -4.01. The van der Waals surface area contributed by atoms with Crippen LogP contribution in [0, 0.1) is 10.1 Å². The second kappa shape index (κ2) is 10.1. The Bertz CT molecular complexity index is 1290. The Labute approximate surface area is 197 Å². The van der Waals surface area contributed by atoms with E-state index >= 15 is 0 Å². The largest absolute Gasteiger partial charge is 0.324 e. The summed E-state index contributed by atoms with van der Waals surface area (Å²) in [5, 5.41) is 14.2. The molecule has 0 bridgehead atoms. The van der Waals surface area contributed by atoms with Crippen molar-refractivity contribution in [3.63, 3.8) is 0 Å². The van der Waals surface area contributed by atoms with Gasteiger partial charge in [-0.15, -0.1) is 0 Å². The number of piperazine rings is 1. The average molecular weight is 481 g/mol. The third kappa shape index (κ3) is 5.14. The summed E-state index contributed by atoms with van der Waals surface area (Å²) in [6.07, 6.45) is 0. The summed E-state index contributed by atoms with van der Waals surface area (Å²) in [6.45, 7) is 1.08. The van der Waals surface area contributed by atoms with Gasteiger partial charge in [-0.05, 0) is 17.7 Å². The van der Waals surface area contributed by atoms with E-state index in [1.807, 2.05) is 59.5 Å². The van der Waals surface area contributed by atoms with E-state index < -0.39 is 20.6 Å². The molecule has 0 saturated carbocycles. The van der Waals surface area contributed by atoms with Crippen LogP contribution in [0.4, 0.5) is 11.4 Å². The summed E-state index contributed by atoms with van der Waals surface area (Å²) < 4.78 is 27.2. The normalized spacial score (nSPS) is 15.1. The summed E-state index contributed by atoms with van der Waals surface area (Å²) in [4.78, 5) is 24.8. The Morgan fingerprint density at radius 2 is 1.50 bits per heavy atom. The first-order valence-corrected chi connectivity index (χ1v) is 12.2. The fourth-order valence-corrected chi connectivity index (χ4v) is 5.53. The van der Waals surface area contributed by atoms with E-state index in [9.17, 15) is 23.3 Å². The summed E-state index contributed by atoms with van der Waals surface area (Å²) in [7, 11) is -4.01. The van der Waals surface area contributed by atoms with Crippen molar-refractivity contribution in [3.05, 3.63) is 89.0 Å². The van der Waals surface area contributed by atoms with Crippen LogP contribution in [0.25, 0.3) is 11.1 Å². The molecule has 176 valence electrons. The molecule has 0 spiro atoms. The minimum Gasteiger partial charge on any atom is -0.324 e. The molecule has 1 fully saturated rings. The number of hydrogen-bond donors (Lipinski definition) is 1. The standard InChI is InChI=1S/C24H24N4O5S/c29-24(25-21-11-5-4-10-20(21)19-8-2-1-3-9-19)18-26-14-16-27(17-15-26)34(32,33)23-13-7-6-12-22(23)28(30)31/h1-13H,14-18H2,(H,25,29). The van der Waals surface area contributed by atoms with Gasteiger partial charge in [-0.1, -0.05) is 60.7 Å². The molecule has 3 aromatic rings. The molecule has 1 saturated heterocycles. The van der Waals surface area contributed by atoms with Crippen molar-refractivity contribution < 1.29 is 18.1 Å². The first kappa shape index (κ1) is 23.6. The van der Waals surface area contributed by atoms with Crippen LogP contribution in [-0.4, -0.2) is 61.2 Å². The Morgan fingerprint density at radius 1 is 0.882 bits per heavy atom. The number of nitrogens with zero attached hydrogens (tertiary/aromatic N) is 3. The molecule has 3 aromatic carbocycles. The molecule has 4 rings (SSSR count). The topological polar surface area (TPSA) is 113 Å². The maximum atomic E-state index is 13.0. The summed E-state index contributed by atoms with van der Waals surface area (Å²) in [5.74, 6) is -0.196. The van der Waals surface area contributed by atoms with Gasteiger partial charge in [0.15, 0.2) is 4.90 Å². The molecule has 10 heteroatoms. The van der Waals surface area contributed by atoms with Crippen LogP contribution in [0.5, 0.6) is 0 Å². The number of nitro groups is 1. The average Bonchev–Trinajstić information content (AvgIpc) is 2.85. The Hall–Kier alpha value is -3.60. The lowest BCUT2D eigenvalue weighted by atomic mass is 10.0. The summed E-state index contributed by atoms with van der Waals surface area (Å²) >= 11 is 0. The number of amides is 1. The Balaban J connectivity index is 1.38. The number of hydrogen-bond acceptors (Lipinski definition) is 6. The molecule has 34 heavy (non-hydrogen) atoms. The molecule has 0 aromatic heterocycles. The number of nitro benzene ring substituents is 1. The highest BCUT2D eigenvalue weighted by atomic mass is 32.2. The number of benzene rings is 3. The number of carbonyl (C=O) groups excluding carboxylic acids is 1. The van der Waals surface area contributed by atoms with Gasteiger partial charge in [-0.25, -0.2) is 8.42 Å². The van der Waals surface area contributed by atoms with Crippen molar-refractivity contribution in [1.29, 1.82) is 0 Å². The molecule has 9 nitrogen and oxygen atoms in total. The number of para-hydroxylation sites is 2. The highest BCUT2D eigenvalue weighted by molar-refractivity contribution is 7.89. The predicted molar refractivity (Wildman–Crippen MR) is 129 cm³/mol. The van der Waals surface area contributed by atoms with Crippen molar-refractivity contribution in [2.75, 3.05) is 38.0 Å². The van der Waals surface area contributed by atoms with Crippen LogP contribution in [0.1, 0.15) is 0 Å². The van der Waals surface area contributed by atoms with E-state index in [0.717, 1.165) is 11.1 Å². The molecule has 1 amide bonds. The van der Waals surface area contributed by atoms with Gasteiger partial charge in [-0.3, -0.25) is 19.8 Å². The smallest absolute Gasteiger partial charge is 0.289 e. The molecule has 0 unspecified atom stereocenters. The van der Waals surface area contributed by atoms with Gasteiger partial charge in [0, 0.05) is 43.5 Å². The highest BCUT2D eigenvalue weighted by Gasteiger charge is 2.33. The first-order valence-electron chi connectivity index (χ1n) is 10.8. The minimum absolute atomic E-state index is 0.114. The molecule has 1 N–H and O–H groups in total. The van der Waals surface area contributed by atoms with Crippen molar-refractivity contribution in [1.82, 2.24) is 9.21 Å². The van der Waals surface area contributed by atoms with E-state index in [4.69, 9.17) is 0 Å². The molecule has 0 radical (unpaired) electrons. The number of rotatable bonds is 7. The molecule has 1 aliphatic rings.